The van der Waals surface area contributed by atoms with E-state index in [4.69, 9.17) is 4.42 Å². The zero-order valence-corrected chi connectivity index (χ0v) is 12.0. The molecule has 0 amide bonds. The van der Waals surface area contributed by atoms with Crippen molar-refractivity contribution in [3.8, 4) is 0 Å². The molecule has 90 valence electrons. The van der Waals surface area contributed by atoms with Crippen LogP contribution in [0.15, 0.2) is 15.5 Å². The lowest BCUT2D eigenvalue weighted by Gasteiger charge is -2.03. The van der Waals surface area contributed by atoms with Crippen LogP contribution in [0.25, 0.3) is 0 Å². The Hall–Kier alpha value is -1.18. The van der Waals surface area contributed by atoms with Gasteiger partial charge in [-0.3, -0.25) is 9.36 Å². The van der Waals surface area contributed by atoms with Gasteiger partial charge in [0.2, 0.25) is 5.89 Å². The largest absolute Gasteiger partial charge is 0.444 e. The molecule has 2 heterocycles. The normalized spacial score (nSPS) is 10.8. The van der Waals surface area contributed by atoms with Gasteiger partial charge in [-0.2, -0.15) is 0 Å². The molecule has 0 atom stereocenters. The number of nitrogens with zero attached hydrogens (tertiary/aromatic N) is 3. The predicted octanol–water partition coefficient (Wildman–Crippen LogP) is 1.81. The van der Waals surface area contributed by atoms with Gasteiger partial charge in [0.25, 0.3) is 5.56 Å². The van der Waals surface area contributed by atoms with Crippen molar-refractivity contribution in [2.75, 3.05) is 0 Å². The van der Waals surface area contributed by atoms with E-state index < -0.39 is 0 Å². The van der Waals surface area contributed by atoms with Gasteiger partial charge >= 0.3 is 0 Å². The molecule has 2 aromatic heterocycles. The van der Waals surface area contributed by atoms with E-state index in [-0.39, 0.29) is 5.56 Å². The second-order valence-electron chi connectivity index (χ2n) is 3.83. The lowest BCUT2D eigenvalue weighted by Crippen LogP contribution is -2.24. The molecule has 17 heavy (non-hydrogen) atoms. The molecule has 0 radical (unpaired) electrons. The van der Waals surface area contributed by atoms with Gasteiger partial charge in [-0.25, -0.2) is 9.97 Å². The molecular weight excluding hydrogens is 333 g/mol. The molecule has 0 fully saturated rings. The Morgan fingerprint density at radius 2 is 2.06 bits per heavy atom. The van der Waals surface area contributed by atoms with Crippen molar-refractivity contribution < 1.29 is 4.42 Å². The summed E-state index contributed by atoms with van der Waals surface area (Å²) in [4.78, 5) is 20.3. The Labute approximate surface area is 112 Å². The van der Waals surface area contributed by atoms with E-state index in [1.807, 2.05) is 43.4 Å². The average molecular weight is 345 g/mol. The van der Waals surface area contributed by atoms with E-state index in [2.05, 4.69) is 9.97 Å². The summed E-state index contributed by atoms with van der Waals surface area (Å²) < 4.78 is 7.57. The summed E-state index contributed by atoms with van der Waals surface area (Å²) in [6.45, 7) is 5.86. The third-order valence-electron chi connectivity index (χ3n) is 2.54. The van der Waals surface area contributed by atoms with E-state index >= 15 is 0 Å². The van der Waals surface area contributed by atoms with Crippen molar-refractivity contribution in [3.63, 3.8) is 0 Å². The van der Waals surface area contributed by atoms with Crippen molar-refractivity contribution in [1.29, 1.82) is 0 Å². The first-order valence-corrected chi connectivity index (χ1v) is 6.21. The monoisotopic (exact) mass is 345 g/mol. The van der Waals surface area contributed by atoms with Crippen molar-refractivity contribution in [3.05, 3.63) is 43.3 Å². The van der Waals surface area contributed by atoms with Gasteiger partial charge in [0.1, 0.15) is 12.3 Å². The van der Waals surface area contributed by atoms with Gasteiger partial charge in [-0.1, -0.05) is 0 Å². The summed E-state index contributed by atoms with van der Waals surface area (Å²) in [5.41, 5.74) is 1.53. The Morgan fingerprint density at radius 1 is 1.35 bits per heavy atom. The first kappa shape index (κ1) is 12.3. The molecule has 0 aliphatic heterocycles. The highest BCUT2D eigenvalue weighted by Gasteiger charge is 2.10. The van der Waals surface area contributed by atoms with Crippen LogP contribution in [-0.2, 0) is 6.54 Å². The van der Waals surface area contributed by atoms with Crippen molar-refractivity contribution in [2.45, 2.75) is 27.3 Å². The number of oxazole rings is 1. The molecule has 0 aliphatic carbocycles. The molecule has 0 unspecified atom stereocenters. The van der Waals surface area contributed by atoms with Gasteiger partial charge in [0.15, 0.2) is 0 Å². The molecular formula is C11H12IN3O2. The number of aromatic nitrogens is 3. The summed E-state index contributed by atoms with van der Waals surface area (Å²) in [6.07, 6.45) is 1.52. The van der Waals surface area contributed by atoms with Crippen LogP contribution < -0.4 is 5.56 Å². The Kier molecular flexibility index (Phi) is 3.32. The quantitative estimate of drug-likeness (QED) is 0.779. The minimum atomic E-state index is -0.0633. The molecule has 0 saturated heterocycles. The molecule has 2 rings (SSSR count). The third-order valence-corrected chi connectivity index (χ3v) is 3.78. The zero-order valence-electron chi connectivity index (χ0n) is 9.82. The number of halogens is 1. The second-order valence-corrected chi connectivity index (χ2v) is 4.90. The van der Waals surface area contributed by atoms with E-state index in [0.717, 1.165) is 17.1 Å². The van der Waals surface area contributed by atoms with Crippen molar-refractivity contribution >= 4 is 22.6 Å². The lowest BCUT2D eigenvalue weighted by atomic mass is 10.4. The number of rotatable bonds is 2. The fourth-order valence-corrected chi connectivity index (χ4v) is 1.86. The van der Waals surface area contributed by atoms with E-state index in [1.54, 1.807) is 0 Å². The summed E-state index contributed by atoms with van der Waals surface area (Å²) in [5.74, 6) is 1.31. The first-order valence-electron chi connectivity index (χ1n) is 5.13. The van der Waals surface area contributed by atoms with Crippen molar-refractivity contribution in [2.24, 2.45) is 0 Å². The Bertz CT molecular complexity index is 596. The van der Waals surface area contributed by atoms with Gasteiger partial charge in [0, 0.05) is 0 Å². The maximum atomic E-state index is 11.9. The van der Waals surface area contributed by atoms with Gasteiger partial charge in [-0.05, 0) is 43.4 Å². The second kappa shape index (κ2) is 4.59. The molecule has 0 N–H and O–H groups in total. The van der Waals surface area contributed by atoms with Crippen LogP contribution in [0.4, 0.5) is 0 Å². The van der Waals surface area contributed by atoms with Crippen LogP contribution in [-0.4, -0.2) is 14.5 Å². The van der Waals surface area contributed by atoms with E-state index in [1.165, 1.54) is 10.9 Å². The predicted molar refractivity (Wildman–Crippen MR) is 71.0 cm³/mol. The maximum Gasteiger partial charge on any atom is 0.267 e. The SMILES string of the molecule is Cc1nc(Cn2cnc(C)c(I)c2=O)oc1C. The van der Waals surface area contributed by atoms with Crippen LogP contribution >= 0.6 is 22.6 Å². The Morgan fingerprint density at radius 3 is 2.65 bits per heavy atom. The fourth-order valence-electron chi connectivity index (χ4n) is 1.41. The zero-order chi connectivity index (χ0) is 12.6. The van der Waals surface area contributed by atoms with Crippen LogP contribution in [0.2, 0.25) is 0 Å². The molecule has 0 spiro atoms. The number of hydrogen-bond acceptors (Lipinski definition) is 4. The summed E-state index contributed by atoms with van der Waals surface area (Å²) in [6, 6.07) is 0. The lowest BCUT2D eigenvalue weighted by molar-refractivity contribution is 0.452. The summed E-state index contributed by atoms with van der Waals surface area (Å²) >= 11 is 2.00. The topological polar surface area (TPSA) is 60.9 Å². The highest BCUT2D eigenvalue weighted by atomic mass is 127. The summed E-state index contributed by atoms with van der Waals surface area (Å²) in [5, 5.41) is 0. The molecule has 0 aliphatic rings. The van der Waals surface area contributed by atoms with Crippen LogP contribution in [0.5, 0.6) is 0 Å². The average Bonchev–Trinajstić information content (AvgIpc) is 2.59. The minimum absolute atomic E-state index is 0.0633. The van der Waals surface area contributed by atoms with Crippen molar-refractivity contribution in [1.82, 2.24) is 14.5 Å². The number of aryl methyl sites for hydroxylation is 3. The van der Waals surface area contributed by atoms with E-state index in [9.17, 15) is 4.79 Å². The smallest absolute Gasteiger partial charge is 0.267 e. The van der Waals surface area contributed by atoms with Crippen LogP contribution in [0, 0.1) is 24.3 Å². The third kappa shape index (κ3) is 2.41. The van der Waals surface area contributed by atoms with Gasteiger partial charge in [0.05, 0.1) is 21.3 Å². The molecule has 2 aromatic rings. The number of hydrogen-bond donors (Lipinski definition) is 0. The molecule has 0 saturated carbocycles. The Balaban J connectivity index is 2.37. The standard InChI is InChI=1S/C11H12IN3O2/c1-6-8(3)17-9(14-6)4-15-5-13-7(2)10(12)11(15)16/h5H,4H2,1-3H3. The van der Waals surface area contributed by atoms with Gasteiger partial charge in [-0.15, -0.1) is 0 Å². The van der Waals surface area contributed by atoms with Crippen LogP contribution in [0.3, 0.4) is 0 Å². The molecule has 6 heteroatoms. The first-order chi connectivity index (χ1) is 7.99. The minimum Gasteiger partial charge on any atom is -0.444 e. The van der Waals surface area contributed by atoms with Gasteiger partial charge < -0.3 is 4.42 Å². The fraction of sp³-hybridized carbons (Fsp3) is 0.364. The summed E-state index contributed by atoms with van der Waals surface area (Å²) in [7, 11) is 0. The highest BCUT2D eigenvalue weighted by Crippen LogP contribution is 2.09. The van der Waals surface area contributed by atoms with Crippen LogP contribution in [0.1, 0.15) is 23.0 Å². The molecule has 0 aromatic carbocycles. The molecule has 0 bridgehead atoms. The maximum absolute atomic E-state index is 11.9. The molecule has 5 nitrogen and oxygen atoms in total. The highest BCUT2D eigenvalue weighted by molar-refractivity contribution is 14.1. The van der Waals surface area contributed by atoms with E-state index in [0.29, 0.717) is 16.0 Å².